The van der Waals surface area contributed by atoms with Crippen molar-refractivity contribution in [2.75, 3.05) is 36.4 Å². The molecule has 6 nitrogen and oxygen atoms in total. The summed E-state index contributed by atoms with van der Waals surface area (Å²) < 4.78 is 0. The maximum absolute atomic E-state index is 12.2. The Balaban J connectivity index is 1.64. The van der Waals surface area contributed by atoms with Crippen LogP contribution in [0.25, 0.3) is 0 Å². The molecule has 2 heterocycles. The summed E-state index contributed by atoms with van der Waals surface area (Å²) in [6.45, 7) is 7.11. The molecule has 1 aromatic heterocycles. The number of hydrogen-bond acceptors (Lipinski definition) is 5. The van der Waals surface area contributed by atoms with Gasteiger partial charge in [-0.3, -0.25) is 4.79 Å². The van der Waals surface area contributed by atoms with E-state index in [2.05, 4.69) is 27.1 Å². The second kappa shape index (κ2) is 8.65. The highest BCUT2D eigenvalue weighted by atomic mass is 16.2. The van der Waals surface area contributed by atoms with Crippen molar-refractivity contribution in [3.8, 4) is 0 Å². The fraction of sp³-hybridized carbons (Fsp3) is 0.450. The standard InChI is InChI=1S/C20H27N5O/c1-3-4-10-19(26)24-11-13-25(14-12-24)20-21-16(2)15-18(23-20)22-17-8-6-5-7-9-17/h5-9,15H,3-4,10-14H2,1-2H3,(H,21,22,23). The number of benzene rings is 1. The molecule has 1 saturated heterocycles. The van der Waals surface area contributed by atoms with Crippen molar-refractivity contribution in [3.05, 3.63) is 42.1 Å². The van der Waals surface area contributed by atoms with Gasteiger partial charge in [0.15, 0.2) is 0 Å². The molecule has 1 aliphatic heterocycles. The summed E-state index contributed by atoms with van der Waals surface area (Å²) in [6, 6.07) is 11.9. The lowest BCUT2D eigenvalue weighted by Crippen LogP contribution is -2.49. The number of nitrogens with one attached hydrogen (secondary N) is 1. The van der Waals surface area contributed by atoms with Crippen molar-refractivity contribution in [1.82, 2.24) is 14.9 Å². The van der Waals surface area contributed by atoms with Gasteiger partial charge in [0.2, 0.25) is 11.9 Å². The predicted molar refractivity (Wildman–Crippen MR) is 105 cm³/mol. The van der Waals surface area contributed by atoms with E-state index < -0.39 is 0 Å². The number of carbonyl (C=O) groups excluding carboxylic acids is 1. The molecular formula is C20H27N5O. The summed E-state index contributed by atoms with van der Waals surface area (Å²) in [7, 11) is 0. The van der Waals surface area contributed by atoms with Gasteiger partial charge in [0.1, 0.15) is 5.82 Å². The first-order valence-corrected chi connectivity index (χ1v) is 9.36. The quantitative estimate of drug-likeness (QED) is 0.863. The smallest absolute Gasteiger partial charge is 0.227 e. The first-order chi connectivity index (χ1) is 12.7. The van der Waals surface area contributed by atoms with Crippen LogP contribution in [0.3, 0.4) is 0 Å². The monoisotopic (exact) mass is 353 g/mol. The second-order valence-electron chi connectivity index (χ2n) is 6.66. The summed E-state index contributed by atoms with van der Waals surface area (Å²) in [4.78, 5) is 25.6. The van der Waals surface area contributed by atoms with Crippen LogP contribution in [-0.4, -0.2) is 47.0 Å². The van der Waals surface area contributed by atoms with E-state index in [0.29, 0.717) is 6.42 Å². The van der Waals surface area contributed by atoms with Crippen molar-refractivity contribution in [3.63, 3.8) is 0 Å². The molecule has 1 fully saturated rings. The summed E-state index contributed by atoms with van der Waals surface area (Å²) in [5.41, 5.74) is 1.93. The Morgan fingerprint density at radius 1 is 1.12 bits per heavy atom. The molecule has 3 rings (SSSR count). The third-order valence-electron chi connectivity index (χ3n) is 4.55. The highest BCUT2D eigenvalue weighted by Crippen LogP contribution is 2.19. The number of hydrogen-bond donors (Lipinski definition) is 1. The van der Waals surface area contributed by atoms with Crippen LogP contribution in [0.15, 0.2) is 36.4 Å². The number of aryl methyl sites for hydroxylation is 1. The zero-order valence-electron chi connectivity index (χ0n) is 15.6. The molecule has 0 aliphatic carbocycles. The van der Waals surface area contributed by atoms with Crippen LogP contribution in [0, 0.1) is 6.92 Å². The van der Waals surface area contributed by atoms with Gasteiger partial charge < -0.3 is 15.1 Å². The summed E-state index contributed by atoms with van der Waals surface area (Å²) in [5, 5.41) is 3.33. The first kappa shape index (κ1) is 18.2. The van der Waals surface area contributed by atoms with E-state index >= 15 is 0 Å². The van der Waals surface area contributed by atoms with Gasteiger partial charge in [-0.05, 0) is 25.5 Å². The minimum atomic E-state index is 0.267. The Kier molecular flexibility index (Phi) is 6.04. The fourth-order valence-electron chi connectivity index (χ4n) is 3.07. The van der Waals surface area contributed by atoms with Crippen LogP contribution in [-0.2, 0) is 4.79 Å². The highest BCUT2D eigenvalue weighted by Gasteiger charge is 2.22. The topological polar surface area (TPSA) is 61.4 Å². The number of rotatable bonds is 6. The van der Waals surface area contributed by atoms with Gasteiger partial charge in [0, 0.05) is 50.0 Å². The number of nitrogens with zero attached hydrogens (tertiary/aromatic N) is 4. The normalized spacial score (nSPS) is 14.4. The SMILES string of the molecule is CCCCC(=O)N1CCN(c2nc(C)cc(Nc3ccccc3)n2)CC1. The van der Waals surface area contributed by atoms with Crippen molar-refractivity contribution in [1.29, 1.82) is 0 Å². The van der Waals surface area contributed by atoms with Crippen LogP contribution in [0.1, 0.15) is 31.9 Å². The minimum Gasteiger partial charge on any atom is -0.340 e. The molecule has 1 amide bonds. The molecule has 0 bridgehead atoms. The van der Waals surface area contributed by atoms with Gasteiger partial charge in [-0.1, -0.05) is 31.5 Å². The zero-order valence-corrected chi connectivity index (χ0v) is 15.6. The number of piperazine rings is 1. The first-order valence-electron chi connectivity index (χ1n) is 9.36. The Morgan fingerprint density at radius 2 is 1.85 bits per heavy atom. The molecule has 0 unspecified atom stereocenters. The molecule has 6 heteroatoms. The molecule has 26 heavy (non-hydrogen) atoms. The van der Waals surface area contributed by atoms with Gasteiger partial charge in [-0.2, -0.15) is 4.98 Å². The highest BCUT2D eigenvalue weighted by molar-refractivity contribution is 5.76. The van der Waals surface area contributed by atoms with Crippen molar-refractivity contribution < 1.29 is 4.79 Å². The van der Waals surface area contributed by atoms with E-state index in [1.54, 1.807) is 0 Å². The van der Waals surface area contributed by atoms with E-state index in [4.69, 9.17) is 0 Å². The zero-order chi connectivity index (χ0) is 18.4. The van der Waals surface area contributed by atoms with Crippen LogP contribution in [0.2, 0.25) is 0 Å². The van der Waals surface area contributed by atoms with E-state index in [1.807, 2.05) is 48.2 Å². The third kappa shape index (κ3) is 4.71. The van der Waals surface area contributed by atoms with Crippen molar-refractivity contribution in [2.45, 2.75) is 33.1 Å². The minimum absolute atomic E-state index is 0.267. The molecule has 0 atom stereocenters. The van der Waals surface area contributed by atoms with E-state index in [-0.39, 0.29) is 5.91 Å². The Labute approximate surface area is 155 Å². The lowest BCUT2D eigenvalue weighted by atomic mass is 10.2. The maximum Gasteiger partial charge on any atom is 0.227 e. The Morgan fingerprint density at radius 3 is 2.54 bits per heavy atom. The number of para-hydroxylation sites is 1. The molecule has 1 N–H and O–H groups in total. The van der Waals surface area contributed by atoms with E-state index in [9.17, 15) is 4.79 Å². The molecule has 0 spiro atoms. The average Bonchev–Trinajstić information content (AvgIpc) is 2.66. The van der Waals surface area contributed by atoms with Crippen LogP contribution in [0.5, 0.6) is 0 Å². The van der Waals surface area contributed by atoms with Crippen LogP contribution >= 0.6 is 0 Å². The lowest BCUT2D eigenvalue weighted by Gasteiger charge is -2.35. The number of anilines is 3. The number of aromatic nitrogens is 2. The van der Waals surface area contributed by atoms with Crippen molar-refractivity contribution in [2.24, 2.45) is 0 Å². The van der Waals surface area contributed by atoms with Gasteiger partial charge in [0.25, 0.3) is 0 Å². The summed E-state index contributed by atoms with van der Waals surface area (Å²) in [5.74, 6) is 1.78. The van der Waals surface area contributed by atoms with Crippen LogP contribution < -0.4 is 10.2 Å². The largest absolute Gasteiger partial charge is 0.340 e. The van der Waals surface area contributed by atoms with Gasteiger partial charge in [0.05, 0.1) is 0 Å². The molecule has 0 saturated carbocycles. The molecule has 1 aliphatic rings. The Hall–Kier alpha value is -2.63. The number of unbranched alkanes of at least 4 members (excludes halogenated alkanes) is 1. The van der Waals surface area contributed by atoms with E-state index in [1.165, 1.54) is 0 Å². The summed E-state index contributed by atoms with van der Waals surface area (Å²) in [6.07, 6.45) is 2.68. The number of carbonyl (C=O) groups is 1. The lowest BCUT2D eigenvalue weighted by molar-refractivity contribution is -0.131. The second-order valence-corrected chi connectivity index (χ2v) is 6.66. The van der Waals surface area contributed by atoms with Gasteiger partial charge >= 0.3 is 0 Å². The summed E-state index contributed by atoms with van der Waals surface area (Å²) >= 11 is 0. The van der Waals surface area contributed by atoms with Gasteiger partial charge in [-0.25, -0.2) is 4.98 Å². The van der Waals surface area contributed by atoms with Gasteiger partial charge in [-0.15, -0.1) is 0 Å². The van der Waals surface area contributed by atoms with Crippen LogP contribution in [0.4, 0.5) is 17.5 Å². The average molecular weight is 353 g/mol. The molecule has 2 aromatic rings. The Bertz CT molecular complexity index is 726. The molecule has 0 radical (unpaired) electrons. The number of amides is 1. The maximum atomic E-state index is 12.2. The van der Waals surface area contributed by atoms with E-state index in [0.717, 1.165) is 62.2 Å². The fourth-order valence-corrected chi connectivity index (χ4v) is 3.07. The molecule has 138 valence electrons. The molecule has 1 aromatic carbocycles. The third-order valence-corrected chi connectivity index (χ3v) is 4.55. The predicted octanol–water partition coefficient (Wildman–Crippen LogP) is 3.37. The van der Waals surface area contributed by atoms with Crippen molar-refractivity contribution >= 4 is 23.4 Å². The molecular weight excluding hydrogens is 326 g/mol.